The Morgan fingerprint density at radius 1 is 1.64 bits per heavy atom. The van der Waals surface area contributed by atoms with Gasteiger partial charge in [-0.1, -0.05) is 11.3 Å². The Labute approximate surface area is 93.2 Å². The quantitative estimate of drug-likeness (QED) is 0.884. The summed E-state index contributed by atoms with van der Waals surface area (Å²) in [4.78, 5) is 7.93. The number of nitrogen functional groups attached to an aromatic ring is 1. The van der Waals surface area contributed by atoms with Gasteiger partial charge in [0.05, 0.1) is 28.4 Å². The molecule has 2 aromatic heterocycles. The lowest BCUT2D eigenvalue weighted by atomic mass is 10.4. The molecule has 0 aliphatic rings. The lowest BCUT2D eigenvalue weighted by molar-refractivity contribution is 0.425. The third kappa shape index (κ3) is 1.62. The molecule has 2 heterocycles. The summed E-state index contributed by atoms with van der Waals surface area (Å²) in [5, 5.41) is 0.841. The zero-order valence-electron chi connectivity index (χ0n) is 7.37. The number of nitrogens with one attached hydrogen (secondary N) is 1. The van der Waals surface area contributed by atoms with Crippen LogP contribution in [0, 0.1) is 0 Å². The number of aromatic amines is 1. The Balaban J connectivity index is 2.42. The van der Waals surface area contributed by atoms with Gasteiger partial charge in [-0.3, -0.25) is 0 Å². The van der Waals surface area contributed by atoms with Crippen LogP contribution >= 0.6 is 27.3 Å². The summed E-state index contributed by atoms with van der Waals surface area (Å²) in [6, 6.07) is 1.97. The number of rotatable bonds is 2. The van der Waals surface area contributed by atoms with Crippen LogP contribution in [0.4, 0.5) is 5.95 Å². The molecular weight excluding hydrogens is 266 g/mol. The summed E-state index contributed by atoms with van der Waals surface area (Å²) in [6.07, 6.45) is 1.70. The molecule has 0 radical (unpaired) electrons. The van der Waals surface area contributed by atoms with Crippen LogP contribution in [0.1, 0.15) is 0 Å². The van der Waals surface area contributed by atoms with E-state index >= 15 is 0 Å². The molecule has 0 atom stereocenters. The van der Waals surface area contributed by atoms with Gasteiger partial charge in [0.2, 0.25) is 0 Å². The third-order valence-electron chi connectivity index (χ3n) is 1.70. The Morgan fingerprint density at radius 3 is 2.93 bits per heavy atom. The molecule has 0 fully saturated rings. The van der Waals surface area contributed by atoms with E-state index in [4.69, 9.17) is 10.5 Å². The van der Waals surface area contributed by atoms with Crippen molar-refractivity contribution in [2.75, 3.05) is 12.8 Å². The van der Waals surface area contributed by atoms with Crippen LogP contribution in [0.2, 0.25) is 0 Å². The first kappa shape index (κ1) is 9.54. The van der Waals surface area contributed by atoms with E-state index in [2.05, 4.69) is 25.9 Å². The molecule has 0 aromatic carbocycles. The minimum atomic E-state index is 0.420. The van der Waals surface area contributed by atoms with Gasteiger partial charge in [-0.25, -0.2) is 4.98 Å². The molecule has 0 amide bonds. The van der Waals surface area contributed by atoms with Gasteiger partial charge in [-0.05, 0) is 22.0 Å². The number of halogens is 1. The van der Waals surface area contributed by atoms with Crippen molar-refractivity contribution in [2.45, 2.75) is 0 Å². The van der Waals surface area contributed by atoms with Gasteiger partial charge in [-0.2, -0.15) is 0 Å². The molecule has 2 aromatic rings. The highest BCUT2D eigenvalue weighted by atomic mass is 79.9. The van der Waals surface area contributed by atoms with E-state index in [9.17, 15) is 0 Å². The van der Waals surface area contributed by atoms with Crippen molar-refractivity contribution in [2.24, 2.45) is 0 Å². The predicted molar refractivity (Wildman–Crippen MR) is 60.6 cm³/mol. The smallest absolute Gasteiger partial charge is 0.197 e. The number of hydrogen-bond donors (Lipinski definition) is 2. The van der Waals surface area contributed by atoms with Gasteiger partial charge in [0.25, 0.3) is 0 Å². The second-order valence-electron chi connectivity index (χ2n) is 2.63. The molecule has 0 bridgehead atoms. The monoisotopic (exact) mass is 273 g/mol. The number of hydrogen-bond acceptors (Lipinski definition) is 4. The maximum atomic E-state index is 5.49. The van der Waals surface area contributed by atoms with E-state index in [0.717, 1.165) is 20.1 Å². The zero-order chi connectivity index (χ0) is 10.1. The van der Waals surface area contributed by atoms with Crippen LogP contribution in [-0.2, 0) is 0 Å². The summed E-state index contributed by atoms with van der Waals surface area (Å²) in [5.41, 5.74) is 6.39. The van der Waals surface area contributed by atoms with Crippen molar-refractivity contribution in [3.8, 4) is 15.6 Å². The minimum absolute atomic E-state index is 0.420. The summed E-state index contributed by atoms with van der Waals surface area (Å²) >= 11 is 4.93. The van der Waals surface area contributed by atoms with Gasteiger partial charge >= 0.3 is 0 Å². The number of ether oxygens (including phenoxy) is 1. The number of thiophene rings is 1. The van der Waals surface area contributed by atoms with Gasteiger partial charge in [-0.15, -0.1) is 0 Å². The molecule has 4 nitrogen and oxygen atoms in total. The van der Waals surface area contributed by atoms with Crippen molar-refractivity contribution in [3.63, 3.8) is 0 Å². The van der Waals surface area contributed by atoms with E-state index in [1.807, 2.05) is 6.07 Å². The van der Waals surface area contributed by atoms with E-state index < -0.39 is 0 Å². The van der Waals surface area contributed by atoms with Crippen LogP contribution in [0.3, 0.4) is 0 Å². The molecule has 0 saturated carbocycles. The molecule has 3 N–H and O–H groups in total. The number of imidazole rings is 1. The van der Waals surface area contributed by atoms with Crippen molar-refractivity contribution >= 4 is 33.2 Å². The van der Waals surface area contributed by atoms with Crippen molar-refractivity contribution in [3.05, 3.63) is 16.7 Å². The molecule has 0 spiro atoms. The number of H-pyrrole nitrogens is 1. The maximum absolute atomic E-state index is 5.49. The normalized spacial score (nSPS) is 10.4. The molecule has 0 aliphatic heterocycles. The lowest BCUT2D eigenvalue weighted by Gasteiger charge is -1.91. The number of nitrogens with two attached hydrogens (primary N) is 1. The van der Waals surface area contributed by atoms with Gasteiger partial charge in [0.15, 0.2) is 11.0 Å². The lowest BCUT2D eigenvalue weighted by Crippen LogP contribution is -1.84. The highest BCUT2D eigenvalue weighted by Crippen LogP contribution is 2.39. The average molecular weight is 274 g/mol. The Kier molecular flexibility index (Phi) is 2.47. The van der Waals surface area contributed by atoms with Crippen molar-refractivity contribution < 1.29 is 4.74 Å². The molecule has 14 heavy (non-hydrogen) atoms. The first-order valence-electron chi connectivity index (χ1n) is 3.85. The Morgan fingerprint density at radius 2 is 2.43 bits per heavy atom. The number of methoxy groups -OCH3 is 1. The van der Waals surface area contributed by atoms with Crippen molar-refractivity contribution in [1.82, 2.24) is 9.97 Å². The van der Waals surface area contributed by atoms with Crippen LogP contribution < -0.4 is 10.5 Å². The van der Waals surface area contributed by atoms with E-state index in [-0.39, 0.29) is 0 Å². The van der Waals surface area contributed by atoms with Crippen LogP contribution in [0.25, 0.3) is 10.6 Å². The van der Waals surface area contributed by atoms with Gasteiger partial charge in [0.1, 0.15) is 0 Å². The van der Waals surface area contributed by atoms with Crippen molar-refractivity contribution in [1.29, 1.82) is 0 Å². The summed E-state index contributed by atoms with van der Waals surface area (Å²) in [6.45, 7) is 0. The molecule has 0 saturated heterocycles. The molecular formula is C8H8BrN3OS. The fourth-order valence-electron chi connectivity index (χ4n) is 1.09. The Hall–Kier alpha value is -1.01. The fraction of sp³-hybridized carbons (Fsp3) is 0.125. The molecule has 6 heteroatoms. The third-order valence-corrected chi connectivity index (χ3v) is 3.68. The fourth-order valence-corrected chi connectivity index (χ4v) is 2.70. The van der Waals surface area contributed by atoms with Gasteiger partial charge in [0, 0.05) is 0 Å². The van der Waals surface area contributed by atoms with E-state index in [1.54, 1.807) is 13.3 Å². The standard InChI is InChI=1S/C8H8BrN3OS/c1-13-7-4(9)2-6(14-7)5-3-11-8(10)12-5/h2-3H,1H3,(H3,10,11,12). The SMILES string of the molecule is COc1sc(-c2cnc(N)[nH]2)cc1Br. The van der Waals surface area contributed by atoms with Crippen LogP contribution in [0.5, 0.6) is 5.06 Å². The highest BCUT2D eigenvalue weighted by molar-refractivity contribution is 9.10. The zero-order valence-corrected chi connectivity index (χ0v) is 9.78. The van der Waals surface area contributed by atoms with Gasteiger partial charge < -0.3 is 15.5 Å². The molecule has 74 valence electrons. The largest absolute Gasteiger partial charge is 0.486 e. The number of anilines is 1. The molecule has 0 aliphatic carbocycles. The predicted octanol–water partition coefficient (Wildman–Crippen LogP) is 2.49. The summed E-state index contributed by atoms with van der Waals surface area (Å²) in [5.74, 6) is 0.420. The highest BCUT2D eigenvalue weighted by Gasteiger charge is 2.10. The topological polar surface area (TPSA) is 63.9 Å². The Bertz CT molecular complexity index is 451. The second kappa shape index (κ2) is 3.62. The van der Waals surface area contributed by atoms with Crippen LogP contribution in [-0.4, -0.2) is 17.1 Å². The first-order valence-corrected chi connectivity index (χ1v) is 5.46. The maximum Gasteiger partial charge on any atom is 0.197 e. The van der Waals surface area contributed by atoms with Crippen LogP contribution in [0.15, 0.2) is 16.7 Å². The molecule has 2 rings (SSSR count). The molecule has 0 unspecified atom stereocenters. The second-order valence-corrected chi connectivity index (χ2v) is 4.50. The minimum Gasteiger partial charge on any atom is -0.486 e. The summed E-state index contributed by atoms with van der Waals surface area (Å²) in [7, 11) is 1.64. The summed E-state index contributed by atoms with van der Waals surface area (Å²) < 4.78 is 6.10. The number of aromatic nitrogens is 2. The first-order chi connectivity index (χ1) is 6.70. The number of nitrogens with zero attached hydrogens (tertiary/aromatic N) is 1. The van der Waals surface area contributed by atoms with E-state index in [0.29, 0.717) is 5.95 Å². The van der Waals surface area contributed by atoms with E-state index in [1.165, 1.54) is 11.3 Å². The average Bonchev–Trinajstić information content (AvgIpc) is 2.71.